The minimum Gasteiger partial charge on any atom is -0.352 e. The maximum atomic E-state index is 13.1. The number of hydrogen-bond acceptors (Lipinski definition) is 3. The molecular weight excluding hydrogens is 378 g/mol. The number of rotatable bonds is 6. The SMILES string of the molecule is CCC(C)NC(=O)[C@H](Cc1ccccc1)NC(=O)N1CCn2c1nc1ccccc12. The quantitative estimate of drug-likeness (QED) is 0.661. The van der Waals surface area contributed by atoms with E-state index in [1.54, 1.807) is 4.90 Å². The summed E-state index contributed by atoms with van der Waals surface area (Å²) in [5.41, 5.74) is 2.87. The van der Waals surface area contributed by atoms with E-state index in [0.717, 1.165) is 23.0 Å². The number of benzene rings is 2. The standard InChI is InChI=1S/C23H27N5O2/c1-3-16(2)24-21(29)19(15-17-9-5-4-6-10-17)26-23(30)28-14-13-27-20-12-8-7-11-18(20)25-22(27)28/h4-12,16,19H,3,13-15H2,1-2H3,(H,24,29)(H,26,30)/t16?,19-/m0/s1. The summed E-state index contributed by atoms with van der Waals surface area (Å²) in [7, 11) is 0. The molecule has 7 nitrogen and oxygen atoms in total. The summed E-state index contributed by atoms with van der Waals surface area (Å²) in [5, 5.41) is 5.94. The lowest BCUT2D eigenvalue weighted by atomic mass is 10.0. The molecule has 0 bridgehead atoms. The van der Waals surface area contributed by atoms with Crippen LogP contribution in [-0.4, -0.2) is 40.1 Å². The number of amides is 3. The molecule has 0 saturated heterocycles. The van der Waals surface area contributed by atoms with Crippen molar-refractivity contribution in [3.05, 3.63) is 60.2 Å². The van der Waals surface area contributed by atoms with Crippen molar-refractivity contribution < 1.29 is 9.59 Å². The van der Waals surface area contributed by atoms with Crippen LogP contribution in [0.4, 0.5) is 10.7 Å². The van der Waals surface area contributed by atoms with Crippen LogP contribution in [0, 0.1) is 0 Å². The van der Waals surface area contributed by atoms with Crippen molar-refractivity contribution in [2.75, 3.05) is 11.4 Å². The molecule has 1 aliphatic rings. The van der Waals surface area contributed by atoms with Gasteiger partial charge < -0.3 is 15.2 Å². The Morgan fingerprint density at radius 3 is 2.53 bits per heavy atom. The van der Waals surface area contributed by atoms with Crippen LogP contribution in [0.15, 0.2) is 54.6 Å². The summed E-state index contributed by atoms with van der Waals surface area (Å²) in [4.78, 5) is 32.3. The lowest BCUT2D eigenvalue weighted by molar-refractivity contribution is -0.123. The topological polar surface area (TPSA) is 79.3 Å². The average Bonchev–Trinajstić information content (AvgIpc) is 3.33. The van der Waals surface area contributed by atoms with Gasteiger partial charge in [-0.05, 0) is 31.0 Å². The number of fused-ring (bicyclic) bond motifs is 3. The van der Waals surface area contributed by atoms with Gasteiger partial charge >= 0.3 is 6.03 Å². The number of carbonyl (C=O) groups excluding carboxylic acids is 2. The number of nitrogens with zero attached hydrogens (tertiary/aromatic N) is 3. The Balaban J connectivity index is 1.54. The van der Waals surface area contributed by atoms with E-state index in [2.05, 4.69) is 15.6 Å². The number of carbonyl (C=O) groups is 2. The molecule has 1 unspecified atom stereocenters. The van der Waals surface area contributed by atoms with Crippen molar-refractivity contribution in [2.24, 2.45) is 0 Å². The summed E-state index contributed by atoms with van der Waals surface area (Å²) in [6.07, 6.45) is 1.26. The Kier molecular flexibility index (Phi) is 5.70. The zero-order valence-electron chi connectivity index (χ0n) is 17.3. The molecule has 156 valence electrons. The second-order valence-corrected chi connectivity index (χ2v) is 7.71. The van der Waals surface area contributed by atoms with Gasteiger partial charge in [0.1, 0.15) is 6.04 Å². The molecular formula is C23H27N5O2. The fraction of sp³-hybridized carbons (Fsp3) is 0.348. The fourth-order valence-corrected chi connectivity index (χ4v) is 3.71. The fourth-order valence-electron chi connectivity index (χ4n) is 3.71. The minimum absolute atomic E-state index is 0.0451. The molecule has 2 heterocycles. The second kappa shape index (κ2) is 8.57. The van der Waals surface area contributed by atoms with Crippen molar-refractivity contribution in [3.8, 4) is 0 Å². The predicted octanol–water partition coefficient (Wildman–Crippen LogP) is 3.09. The van der Waals surface area contributed by atoms with Crippen LogP contribution >= 0.6 is 0 Å². The van der Waals surface area contributed by atoms with Gasteiger partial charge in [-0.2, -0.15) is 0 Å². The second-order valence-electron chi connectivity index (χ2n) is 7.71. The number of imidazole rings is 1. The van der Waals surface area contributed by atoms with Crippen LogP contribution < -0.4 is 15.5 Å². The lowest BCUT2D eigenvalue weighted by Gasteiger charge is -2.23. The normalized spacial score (nSPS) is 14.9. The predicted molar refractivity (Wildman–Crippen MR) is 117 cm³/mol. The van der Waals surface area contributed by atoms with E-state index >= 15 is 0 Å². The number of hydrogen-bond donors (Lipinski definition) is 2. The number of para-hydroxylation sites is 2. The summed E-state index contributed by atoms with van der Waals surface area (Å²) in [6, 6.07) is 16.7. The highest BCUT2D eigenvalue weighted by Crippen LogP contribution is 2.27. The monoisotopic (exact) mass is 405 g/mol. The van der Waals surface area contributed by atoms with Gasteiger partial charge in [-0.1, -0.05) is 49.4 Å². The van der Waals surface area contributed by atoms with Gasteiger partial charge in [0, 0.05) is 25.6 Å². The summed E-state index contributed by atoms with van der Waals surface area (Å²) in [6.45, 7) is 5.20. The van der Waals surface area contributed by atoms with Gasteiger partial charge in [0.15, 0.2) is 0 Å². The third-order valence-electron chi connectivity index (χ3n) is 5.57. The van der Waals surface area contributed by atoms with Crippen LogP contribution in [0.5, 0.6) is 0 Å². The molecule has 1 aromatic heterocycles. The Labute approximate surface area is 176 Å². The molecule has 2 atom stereocenters. The largest absolute Gasteiger partial charge is 0.352 e. The van der Waals surface area contributed by atoms with E-state index in [0.29, 0.717) is 25.5 Å². The molecule has 2 aromatic carbocycles. The Bertz CT molecular complexity index is 1050. The Morgan fingerprint density at radius 1 is 1.03 bits per heavy atom. The van der Waals surface area contributed by atoms with Crippen LogP contribution in [-0.2, 0) is 17.8 Å². The highest BCUT2D eigenvalue weighted by molar-refractivity contribution is 5.96. The van der Waals surface area contributed by atoms with Crippen LogP contribution in [0.25, 0.3) is 11.0 Å². The average molecular weight is 406 g/mol. The third-order valence-corrected chi connectivity index (χ3v) is 5.57. The lowest BCUT2D eigenvalue weighted by Crippen LogP contribution is -2.53. The number of nitrogens with one attached hydrogen (secondary N) is 2. The summed E-state index contributed by atoms with van der Waals surface area (Å²) >= 11 is 0. The van der Waals surface area contributed by atoms with E-state index in [1.807, 2.05) is 73.0 Å². The first-order chi connectivity index (χ1) is 14.6. The highest BCUT2D eigenvalue weighted by atomic mass is 16.2. The van der Waals surface area contributed by atoms with E-state index in [-0.39, 0.29) is 18.0 Å². The van der Waals surface area contributed by atoms with Crippen LogP contribution in [0.2, 0.25) is 0 Å². The molecule has 1 aliphatic heterocycles. The Hall–Kier alpha value is -3.35. The Morgan fingerprint density at radius 2 is 1.77 bits per heavy atom. The maximum absolute atomic E-state index is 13.1. The van der Waals surface area contributed by atoms with Crippen LogP contribution in [0.3, 0.4) is 0 Å². The first-order valence-electron chi connectivity index (χ1n) is 10.4. The molecule has 7 heteroatoms. The molecule has 0 saturated carbocycles. The molecule has 0 aliphatic carbocycles. The van der Waals surface area contributed by atoms with E-state index in [1.165, 1.54) is 0 Å². The van der Waals surface area contributed by atoms with E-state index in [4.69, 9.17) is 0 Å². The number of anilines is 1. The van der Waals surface area contributed by atoms with E-state index in [9.17, 15) is 9.59 Å². The van der Waals surface area contributed by atoms with Crippen molar-refractivity contribution in [1.82, 2.24) is 20.2 Å². The highest BCUT2D eigenvalue weighted by Gasteiger charge is 2.31. The number of urea groups is 1. The minimum atomic E-state index is -0.660. The molecule has 0 spiro atoms. The first kappa shape index (κ1) is 19.9. The molecule has 4 rings (SSSR count). The van der Waals surface area contributed by atoms with Crippen molar-refractivity contribution >= 4 is 28.9 Å². The first-order valence-corrected chi connectivity index (χ1v) is 10.4. The maximum Gasteiger partial charge on any atom is 0.324 e. The zero-order chi connectivity index (χ0) is 21.1. The smallest absolute Gasteiger partial charge is 0.324 e. The number of aromatic nitrogens is 2. The van der Waals surface area contributed by atoms with Gasteiger partial charge in [0.05, 0.1) is 11.0 Å². The molecule has 0 fully saturated rings. The van der Waals surface area contributed by atoms with Crippen molar-refractivity contribution in [2.45, 2.75) is 45.3 Å². The van der Waals surface area contributed by atoms with Gasteiger partial charge in [0.2, 0.25) is 11.9 Å². The molecule has 30 heavy (non-hydrogen) atoms. The third kappa shape index (κ3) is 4.01. The van der Waals surface area contributed by atoms with Gasteiger partial charge in [-0.25, -0.2) is 9.78 Å². The van der Waals surface area contributed by atoms with Gasteiger partial charge in [0.25, 0.3) is 0 Å². The van der Waals surface area contributed by atoms with Crippen molar-refractivity contribution in [1.29, 1.82) is 0 Å². The zero-order valence-corrected chi connectivity index (χ0v) is 17.3. The molecule has 3 amide bonds. The van der Waals surface area contributed by atoms with E-state index < -0.39 is 6.04 Å². The van der Waals surface area contributed by atoms with Gasteiger partial charge in [-0.15, -0.1) is 0 Å². The molecule has 2 N–H and O–H groups in total. The molecule has 0 radical (unpaired) electrons. The summed E-state index contributed by atoms with van der Waals surface area (Å²) < 4.78 is 2.04. The van der Waals surface area contributed by atoms with Crippen LogP contribution in [0.1, 0.15) is 25.8 Å². The molecule has 3 aromatic rings. The summed E-state index contributed by atoms with van der Waals surface area (Å²) in [5.74, 6) is 0.448. The van der Waals surface area contributed by atoms with Crippen molar-refractivity contribution in [3.63, 3.8) is 0 Å². The van der Waals surface area contributed by atoms with Gasteiger partial charge in [-0.3, -0.25) is 9.69 Å².